The van der Waals surface area contributed by atoms with Crippen molar-refractivity contribution < 1.29 is 9.47 Å². The maximum absolute atomic E-state index is 5.88. The van der Waals surface area contributed by atoms with Crippen LogP contribution in [0.5, 0.6) is 0 Å². The highest BCUT2D eigenvalue weighted by Crippen LogP contribution is 2.27. The monoisotopic (exact) mass is 269 g/mol. The van der Waals surface area contributed by atoms with Crippen LogP contribution in [0.3, 0.4) is 0 Å². The van der Waals surface area contributed by atoms with Crippen LogP contribution in [0, 0.1) is 6.92 Å². The van der Waals surface area contributed by atoms with Crippen LogP contribution in [0.2, 0.25) is 0 Å². The van der Waals surface area contributed by atoms with Gasteiger partial charge in [-0.1, -0.05) is 6.07 Å². The van der Waals surface area contributed by atoms with Crippen LogP contribution in [0.25, 0.3) is 0 Å². The van der Waals surface area contributed by atoms with Crippen molar-refractivity contribution in [1.82, 2.24) is 0 Å². The van der Waals surface area contributed by atoms with Gasteiger partial charge in [-0.15, -0.1) is 11.8 Å². The van der Waals surface area contributed by atoms with E-state index in [1.165, 1.54) is 4.90 Å². The molecule has 0 amide bonds. The fourth-order valence-corrected chi connectivity index (χ4v) is 2.68. The standard InChI is InChI=1S/C14H23NO2S/c1-4-16-14(17-5-2)9-10-18-13-8-6-7-12(15)11(13)3/h6-8,14H,4-5,9-10,15H2,1-3H3. The van der Waals surface area contributed by atoms with Crippen molar-refractivity contribution >= 4 is 17.4 Å². The first-order chi connectivity index (χ1) is 8.69. The van der Waals surface area contributed by atoms with Crippen molar-refractivity contribution in [2.75, 3.05) is 24.7 Å². The van der Waals surface area contributed by atoms with E-state index in [0.29, 0.717) is 13.2 Å². The number of rotatable bonds is 8. The Labute approximate surface area is 114 Å². The molecule has 1 aromatic rings. The summed E-state index contributed by atoms with van der Waals surface area (Å²) in [6.45, 7) is 7.40. The van der Waals surface area contributed by atoms with Crippen LogP contribution < -0.4 is 5.73 Å². The molecular weight excluding hydrogens is 246 g/mol. The lowest BCUT2D eigenvalue weighted by Crippen LogP contribution is -2.18. The van der Waals surface area contributed by atoms with Gasteiger partial charge in [0.1, 0.15) is 0 Å². The lowest BCUT2D eigenvalue weighted by Gasteiger charge is -2.16. The predicted octanol–water partition coefficient (Wildman–Crippen LogP) is 3.46. The molecule has 0 saturated heterocycles. The van der Waals surface area contributed by atoms with E-state index in [-0.39, 0.29) is 6.29 Å². The van der Waals surface area contributed by atoms with E-state index in [2.05, 4.69) is 13.0 Å². The summed E-state index contributed by atoms with van der Waals surface area (Å²) in [7, 11) is 0. The van der Waals surface area contributed by atoms with Crippen molar-refractivity contribution in [2.24, 2.45) is 0 Å². The third-order valence-corrected chi connectivity index (χ3v) is 3.84. The normalized spacial score (nSPS) is 11.1. The van der Waals surface area contributed by atoms with Gasteiger partial charge in [0.05, 0.1) is 0 Å². The van der Waals surface area contributed by atoms with Crippen molar-refractivity contribution in [3.8, 4) is 0 Å². The summed E-state index contributed by atoms with van der Waals surface area (Å²) in [4.78, 5) is 1.24. The fraction of sp³-hybridized carbons (Fsp3) is 0.571. The molecule has 0 aromatic heterocycles. The highest BCUT2D eigenvalue weighted by Gasteiger charge is 2.08. The molecule has 3 nitrogen and oxygen atoms in total. The summed E-state index contributed by atoms with van der Waals surface area (Å²) in [5, 5.41) is 0. The number of nitrogen functional groups attached to an aromatic ring is 1. The molecule has 1 rings (SSSR count). The maximum Gasteiger partial charge on any atom is 0.158 e. The number of hydrogen-bond acceptors (Lipinski definition) is 4. The van der Waals surface area contributed by atoms with E-state index in [9.17, 15) is 0 Å². The zero-order chi connectivity index (χ0) is 13.4. The Morgan fingerprint density at radius 2 is 1.89 bits per heavy atom. The minimum absolute atomic E-state index is 0.0890. The Morgan fingerprint density at radius 3 is 2.50 bits per heavy atom. The lowest BCUT2D eigenvalue weighted by atomic mass is 10.2. The first-order valence-electron chi connectivity index (χ1n) is 6.40. The molecule has 1 aromatic carbocycles. The first-order valence-corrected chi connectivity index (χ1v) is 7.38. The molecule has 0 unspecified atom stereocenters. The van der Waals surface area contributed by atoms with E-state index < -0.39 is 0 Å². The zero-order valence-electron chi connectivity index (χ0n) is 11.4. The Balaban J connectivity index is 2.42. The number of anilines is 1. The summed E-state index contributed by atoms with van der Waals surface area (Å²) >= 11 is 1.80. The summed E-state index contributed by atoms with van der Waals surface area (Å²) in [5.74, 6) is 0.967. The maximum atomic E-state index is 5.88. The SMILES string of the molecule is CCOC(CCSc1cccc(N)c1C)OCC. The molecule has 0 saturated carbocycles. The van der Waals surface area contributed by atoms with Crippen LogP contribution in [0.1, 0.15) is 25.8 Å². The van der Waals surface area contributed by atoms with E-state index in [0.717, 1.165) is 23.4 Å². The van der Waals surface area contributed by atoms with Gasteiger partial charge in [-0.2, -0.15) is 0 Å². The molecule has 0 fully saturated rings. The van der Waals surface area contributed by atoms with Gasteiger partial charge in [-0.25, -0.2) is 0 Å². The van der Waals surface area contributed by atoms with Gasteiger partial charge in [-0.05, 0) is 38.5 Å². The molecule has 0 aliphatic heterocycles. The second-order valence-electron chi connectivity index (χ2n) is 3.95. The largest absolute Gasteiger partial charge is 0.398 e. The quantitative estimate of drug-likeness (QED) is 0.446. The van der Waals surface area contributed by atoms with Crippen LogP contribution in [-0.2, 0) is 9.47 Å². The molecule has 0 atom stereocenters. The third kappa shape index (κ3) is 4.88. The molecule has 18 heavy (non-hydrogen) atoms. The topological polar surface area (TPSA) is 44.5 Å². The van der Waals surface area contributed by atoms with Crippen molar-refractivity contribution in [3.05, 3.63) is 23.8 Å². The smallest absolute Gasteiger partial charge is 0.158 e. The molecule has 0 spiro atoms. The minimum atomic E-state index is -0.0890. The second kappa shape index (κ2) is 8.40. The molecule has 0 aliphatic carbocycles. The second-order valence-corrected chi connectivity index (χ2v) is 5.08. The number of ether oxygens (including phenoxy) is 2. The van der Waals surface area contributed by atoms with E-state index >= 15 is 0 Å². The van der Waals surface area contributed by atoms with E-state index in [4.69, 9.17) is 15.2 Å². The Hall–Kier alpha value is -0.710. The van der Waals surface area contributed by atoms with Crippen LogP contribution in [0.15, 0.2) is 23.1 Å². The van der Waals surface area contributed by atoms with Gasteiger partial charge in [-0.3, -0.25) is 0 Å². The molecule has 0 aliphatic rings. The first kappa shape index (κ1) is 15.3. The third-order valence-electron chi connectivity index (χ3n) is 2.64. The summed E-state index contributed by atoms with van der Waals surface area (Å²) in [6.07, 6.45) is 0.800. The van der Waals surface area contributed by atoms with Gasteiger partial charge < -0.3 is 15.2 Å². The highest BCUT2D eigenvalue weighted by atomic mass is 32.2. The Bertz CT molecular complexity index is 352. The molecule has 0 bridgehead atoms. The van der Waals surface area contributed by atoms with Gasteiger partial charge in [0, 0.05) is 36.0 Å². The molecule has 0 heterocycles. The van der Waals surface area contributed by atoms with Crippen molar-refractivity contribution in [3.63, 3.8) is 0 Å². The fourth-order valence-electron chi connectivity index (χ4n) is 1.64. The van der Waals surface area contributed by atoms with E-state index in [1.807, 2.05) is 26.0 Å². The van der Waals surface area contributed by atoms with Crippen LogP contribution in [-0.4, -0.2) is 25.3 Å². The molecule has 102 valence electrons. The van der Waals surface area contributed by atoms with Gasteiger partial charge in [0.15, 0.2) is 6.29 Å². The Kier molecular flexibility index (Phi) is 7.16. The number of thioether (sulfide) groups is 1. The van der Waals surface area contributed by atoms with Gasteiger partial charge in [0.25, 0.3) is 0 Å². The average Bonchev–Trinajstić information content (AvgIpc) is 2.35. The summed E-state index contributed by atoms with van der Waals surface area (Å²) < 4.78 is 11.0. The number of hydrogen-bond donors (Lipinski definition) is 1. The number of nitrogens with two attached hydrogens (primary N) is 1. The lowest BCUT2D eigenvalue weighted by molar-refractivity contribution is -0.136. The highest BCUT2D eigenvalue weighted by molar-refractivity contribution is 7.99. The van der Waals surface area contributed by atoms with Gasteiger partial charge >= 0.3 is 0 Å². The predicted molar refractivity (Wildman–Crippen MR) is 78.0 cm³/mol. The molecule has 0 radical (unpaired) electrons. The average molecular weight is 269 g/mol. The van der Waals surface area contributed by atoms with Crippen molar-refractivity contribution in [1.29, 1.82) is 0 Å². The summed E-state index contributed by atoms with van der Waals surface area (Å²) in [5.41, 5.74) is 7.90. The van der Waals surface area contributed by atoms with E-state index in [1.54, 1.807) is 11.8 Å². The molecule has 2 N–H and O–H groups in total. The van der Waals surface area contributed by atoms with Crippen LogP contribution in [0.4, 0.5) is 5.69 Å². The number of benzene rings is 1. The molecule has 4 heteroatoms. The van der Waals surface area contributed by atoms with Crippen LogP contribution >= 0.6 is 11.8 Å². The Morgan fingerprint density at radius 1 is 1.22 bits per heavy atom. The van der Waals surface area contributed by atoms with Crippen molar-refractivity contribution in [2.45, 2.75) is 38.4 Å². The minimum Gasteiger partial charge on any atom is -0.398 e. The zero-order valence-corrected chi connectivity index (χ0v) is 12.3. The summed E-state index contributed by atoms with van der Waals surface area (Å²) in [6, 6.07) is 6.03. The molecular formula is C14H23NO2S. The van der Waals surface area contributed by atoms with Gasteiger partial charge in [0.2, 0.25) is 0 Å².